The van der Waals surface area contributed by atoms with Gasteiger partial charge < -0.3 is 9.47 Å². The maximum Gasteiger partial charge on any atom is 0.232 e. The molecule has 0 heterocycles. The summed E-state index contributed by atoms with van der Waals surface area (Å²) in [6, 6.07) is 4.67. The fraction of sp³-hybridized carbons (Fsp3) is 0.538. The Hall–Kier alpha value is -1.52. The molecule has 0 aliphatic heterocycles. The van der Waals surface area contributed by atoms with Gasteiger partial charge in [-0.25, -0.2) is 21.6 Å². The predicted octanol–water partition coefficient (Wildman–Crippen LogP) is 0.409. The van der Waals surface area contributed by atoms with Gasteiger partial charge in [0.1, 0.15) is 0 Å². The first-order chi connectivity index (χ1) is 10.6. The Morgan fingerprint density at radius 1 is 1.09 bits per heavy atom. The number of methoxy groups -OCH3 is 2. The number of ether oxygens (including phenoxy) is 2. The van der Waals surface area contributed by atoms with Crippen LogP contribution in [0.2, 0.25) is 0 Å². The summed E-state index contributed by atoms with van der Waals surface area (Å²) in [5, 5.41) is 0. The van der Waals surface area contributed by atoms with Crippen molar-refractivity contribution >= 4 is 25.7 Å². The fourth-order valence-electron chi connectivity index (χ4n) is 1.87. The molecule has 0 radical (unpaired) electrons. The number of rotatable bonds is 9. The SMILES string of the molecule is CCS(=O)(=O)NCCN(c1ccc(OC)c(OC)c1)S(C)(=O)=O. The summed E-state index contributed by atoms with van der Waals surface area (Å²) in [7, 11) is -4.04. The molecule has 0 saturated heterocycles. The maximum atomic E-state index is 12.0. The first kappa shape index (κ1) is 19.5. The van der Waals surface area contributed by atoms with Crippen molar-refractivity contribution in [3.05, 3.63) is 18.2 Å². The summed E-state index contributed by atoms with van der Waals surface area (Å²) in [6.07, 6.45) is 1.05. The lowest BCUT2D eigenvalue weighted by Crippen LogP contribution is -2.38. The number of nitrogens with zero attached hydrogens (tertiary/aromatic N) is 1. The molecule has 0 aromatic heterocycles. The number of benzene rings is 1. The molecule has 0 spiro atoms. The molecule has 10 heteroatoms. The van der Waals surface area contributed by atoms with Gasteiger partial charge in [0.25, 0.3) is 0 Å². The predicted molar refractivity (Wildman–Crippen MR) is 89.2 cm³/mol. The molecular weight excluding hydrogens is 344 g/mol. The third-order valence-corrected chi connectivity index (χ3v) is 5.67. The molecule has 0 aliphatic rings. The standard InChI is InChI=1S/C13H22N2O6S2/c1-5-23(18,19)14-8-9-15(22(4,16)17)11-6-7-12(20-2)13(10-11)21-3/h6-7,10,14H,5,8-9H2,1-4H3. The van der Waals surface area contributed by atoms with Gasteiger partial charge in [-0.05, 0) is 19.1 Å². The summed E-state index contributed by atoms with van der Waals surface area (Å²) < 4.78 is 60.6. The van der Waals surface area contributed by atoms with E-state index in [1.807, 2.05) is 0 Å². The van der Waals surface area contributed by atoms with E-state index in [4.69, 9.17) is 9.47 Å². The lowest BCUT2D eigenvalue weighted by atomic mass is 10.2. The minimum atomic E-state index is -3.58. The first-order valence-corrected chi connectivity index (χ1v) is 10.3. The van der Waals surface area contributed by atoms with Gasteiger partial charge in [0.15, 0.2) is 11.5 Å². The van der Waals surface area contributed by atoms with Crippen molar-refractivity contribution in [2.24, 2.45) is 0 Å². The number of nitrogens with one attached hydrogen (secondary N) is 1. The highest BCUT2D eigenvalue weighted by molar-refractivity contribution is 7.92. The van der Waals surface area contributed by atoms with Crippen LogP contribution in [0.5, 0.6) is 11.5 Å². The molecule has 23 heavy (non-hydrogen) atoms. The third-order valence-electron chi connectivity index (χ3n) is 3.07. The van der Waals surface area contributed by atoms with E-state index in [1.165, 1.54) is 27.2 Å². The first-order valence-electron chi connectivity index (χ1n) is 6.81. The zero-order valence-corrected chi connectivity index (χ0v) is 15.2. The van der Waals surface area contributed by atoms with Crippen molar-refractivity contribution in [2.75, 3.05) is 43.6 Å². The Morgan fingerprint density at radius 3 is 2.17 bits per heavy atom. The van der Waals surface area contributed by atoms with Crippen LogP contribution < -0.4 is 18.5 Å². The maximum absolute atomic E-state index is 12.0. The van der Waals surface area contributed by atoms with Crippen molar-refractivity contribution in [1.82, 2.24) is 4.72 Å². The van der Waals surface area contributed by atoms with E-state index >= 15 is 0 Å². The summed E-state index contributed by atoms with van der Waals surface area (Å²) >= 11 is 0. The average Bonchev–Trinajstić information content (AvgIpc) is 2.49. The van der Waals surface area contributed by atoms with Crippen molar-refractivity contribution < 1.29 is 26.3 Å². The molecule has 8 nitrogen and oxygen atoms in total. The van der Waals surface area contributed by atoms with E-state index in [1.54, 1.807) is 12.1 Å². The molecule has 0 unspecified atom stereocenters. The number of hydrogen-bond acceptors (Lipinski definition) is 6. The van der Waals surface area contributed by atoms with Crippen molar-refractivity contribution in [2.45, 2.75) is 6.92 Å². The zero-order chi connectivity index (χ0) is 17.7. The van der Waals surface area contributed by atoms with Gasteiger partial charge in [0.2, 0.25) is 20.0 Å². The Morgan fingerprint density at radius 2 is 1.70 bits per heavy atom. The Labute approximate surface area is 137 Å². The van der Waals surface area contributed by atoms with Crippen LogP contribution in [0.4, 0.5) is 5.69 Å². The van der Waals surface area contributed by atoms with Crippen LogP contribution in [-0.2, 0) is 20.0 Å². The zero-order valence-electron chi connectivity index (χ0n) is 13.6. The second kappa shape index (κ2) is 7.84. The molecule has 0 aliphatic carbocycles. The molecule has 0 fully saturated rings. The monoisotopic (exact) mass is 366 g/mol. The number of hydrogen-bond donors (Lipinski definition) is 1. The molecule has 0 atom stereocenters. The summed E-state index contributed by atoms with van der Waals surface area (Å²) in [5.41, 5.74) is 0.362. The Bertz CT molecular complexity index is 731. The Balaban J connectivity index is 3.04. The number of sulfonamides is 2. The molecule has 1 rings (SSSR count). The fourth-order valence-corrected chi connectivity index (χ4v) is 3.40. The molecule has 1 aromatic rings. The topological polar surface area (TPSA) is 102 Å². The van der Waals surface area contributed by atoms with Crippen LogP contribution in [-0.4, -0.2) is 56.2 Å². The van der Waals surface area contributed by atoms with Gasteiger partial charge in [-0.3, -0.25) is 4.31 Å². The molecule has 0 bridgehead atoms. The van der Waals surface area contributed by atoms with Gasteiger partial charge in [0, 0.05) is 19.2 Å². The van der Waals surface area contributed by atoms with Crippen LogP contribution in [0.1, 0.15) is 6.92 Å². The highest BCUT2D eigenvalue weighted by Crippen LogP contribution is 2.32. The quantitative estimate of drug-likeness (QED) is 0.679. The van der Waals surface area contributed by atoms with E-state index < -0.39 is 20.0 Å². The van der Waals surface area contributed by atoms with Gasteiger partial charge >= 0.3 is 0 Å². The summed E-state index contributed by atoms with van der Waals surface area (Å²) in [4.78, 5) is 0. The minimum Gasteiger partial charge on any atom is -0.493 e. The molecule has 0 saturated carbocycles. The van der Waals surface area contributed by atoms with E-state index in [-0.39, 0.29) is 18.8 Å². The molecule has 132 valence electrons. The van der Waals surface area contributed by atoms with Crippen molar-refractivity contribution in [1.29, 1.82) is 0 Å². The van der Waals surface area contributed by atoms with E-state index in [2.05, 4.69) is 4.72 Å². The lowest BCUT2D eigenvalue weighted by Gasteiger charge is -2.23. The van der Waals surface area contributed by atoms with Crippen molar-refractivity contribution in [3.63, 3.8) is 0 Å². The van der Waals surface area contributed by atoms with Gasteiger partial charge in [0.05, 0.1) is 31.9 Å². The molecule has 1 aromatic carbocycles. The summed E-state index contributed by atoms with van der Waals surface area (Å²) in [6.45, 7) is 1.44. The van der Waals surface area contributed by atoms with Crippen LogP contribution in [0.3, 0.4) is 0 Å². The van der Waals surface area contributed by atoms with E-state index in [9.17, 15) is 16.8 Å². The van der Waals surface area contributed by atoms with Gasteiger partial charge in [-0.1, -0.05) is 0 Å². The van der Waals surface area contributed by atoms with Crippen molar-refractivity contribution in [3.8, 4) is 11.5 Å². The lowest BCUT2D eigenvalue weighted by molar-refractivity contribution is 0.355. The second-order valence-electron chi connectivity index (χ2n) is 4.67. The van der Waals surface area contributed by atoms with Gasteiger partial charge in [-0.2, -0.15) is 0 Å². The van der Waals surface area contributed by atoms with Crippen LogP contribution in [0.15, 0.2) is 18.2 Å². The average molecular weight is 366 g/mol. The highest BCUT2D eigenvalue weighted by atomic mass is 32.2. The minimum absolute atomic E-state index is 0.0302. The number of anilines is 1. The second-order valence-corrected chi connectivity index (χ2v) is 8.67. The normalized spacial score (nSPS) is 12.0. The Kier molecular flexibility index (Phi) is 6.66. The van der Waals surface area contributed by atoms with E-state index in [0.29, 0.717) is 17.2 Å². The molecule has 0 amide bonds. The van der Waals surface area contributed by atoms with Gasteiger partial charge in [-0.15, -0.1) is 0 Å². The summed E-state index contributed by atoms with van der Waals surface area (Å²) in [5.74, 6) is 0.784. The smallest absolute Gasteiger partial charge is 0.232 e. The van der Waals surface area contributed by atoms with Crippen LogP contribution in [0.25, 0.3) is 0 Å². The highest BCUT2D eigenvalue weighted by Gasteiger charge is 2.19. The van der Waals surface area contributed by atoms with E-state index in [0.717, 1.165) is 10.6 Å². The molecule has 1 N–H and O–H groups in total. The third kappa shape index (κ3) is 5.56. The van der Waals surface area contributed by atoms with Crippen LogP contribution >= 0.6 is 0 Å². The largest absolute Gasteiger partial charge is 0.493 e. The molecular formula is C13H22N2O6S2. The van der Waals surface area contributed by atoms with Crippen LogP contribution in [0, 0.1) is 0 Å².